The number of halogens is 3. The fourth-order valence-corrected chi connectivity index (χ4v) is 1.60. The number of piperidine rings is 1. The van der Waals surface area contributed by atoms with Gasteiger partial charge in [0.25, 0.3) is 0 Å². The molecule has 88 valence electrons. The number of alkyl halides is 3. The Balaban J connectivity index is 2.15. The van der Waals surface area contributed by atoms with Gasteiger partial charge in [-0.1, -0.05) is 0 Å². The maximum Gasteiger partial charge on any atom is 0.397 e. The van der Waals surface area contributed by atoms with E-state index in [9.17, 15) is 18.0 Å². The van der Waals surface area contributed by atoms with Crippen LogP contribution in [0.2, 0.25) is 0 Å². The Morgan fingerprint density at radius 3 is 2.73 bits per heavy atom. The third-order valence-corrected chi connectivity index (χ3v) is 2.35. The maximum atomic E-state index is 11.8. The molecule has 1 rings (SSSR count). The summed E-state index contributed by atoms with van der Waals surface area (Å²) in [7, 11) is 0. The van der Waals surface area contributed by atoms with E-state index in [-0.39, 0.29) is 5.92 Å². The van der Waals surface area contributed by atoms with Crippen LogP contribution < -0.4 is 10.6 Å². The van der Waals surface area contributed by atoms with Gasteiger partial charge in [-0.3, -0.25) is 4.79 Å². The highest BCUT2D eigenvalue weighted by Crippen LogP contribution is 2.19. The van der Waals surface area contributed by atoms with Gasteiger partial charge < -0.3 is 10.6 Å². The van der Waals surface area contributed by atoms with Crippen molar-refractivity contribution >= 4 is 5.91 Å². The highest BCUT2D eigenvalue weighted by atomic mass is 19.4. The second-order valence-corrected chi connectivity index (χ2v) is 3.81. The molecule has 1 heterocycles. The average molecular weight is 224 g/mol. The molecular formula is C9H15F3N2O. The second-order valence-electron chi connectivity index (χ2n) is 3.81. The summed E-state index contributed by atoms with van der Waals surface area (Å²) in [5.41, 5.74) is 0. The largest absolute Gasteiger partial charge is 0.397 e. The zero-order valence-corrected chi connectivity index (χ0v) is 8.36. The first-order valence-corrected chi connectivity index (χ1v) is 5.01. The number of carbonyl (C=O) groups is 1. The van der Waals surface area contributed by atoms with Gasteiger partial charge >= 0.3 is 6.18 Å². The van der Waals surface area contributed by atoms with Crippen LogP contribution in [-0.4, -0.2) is 31.7 Å². The minimum atomic E-state index is -4.41. The number of amides is 1. The van der Waals surface area contributed by atoms with Crippen molar-refractivity contribution < 1.29 is 18.0 Å². The number of hydrogen-bond donors (Lipinski definition) is 2. The monoisotopic (exact) mass is 224 g/mol. The van der Waals surface area contributed by atoms with E-state index >= 15 is 0 Å². The Bertz CT molecular complexity index is 212. The van der Waals surface area contributed by atoms with Crippen molar-refractivity contribution in [2.24, 2.45) is 5.92 Å². The lowest BCUT2D eigenvalue weighted by Gasteiger charge is -2.22. The highest BCUT2D eigenvalue weighted by Gasteiger charge is 2.31. The summed E-state index contributed by atoms with van der Waals surface area (Å²) in [6, 6.07) is 0. The molecule has 6 heteroatoms. The average Bonchev–Trinajstić information content (AvgIpc) is 2.14. The SMILES string of the molecule is O=C(CC(F)(F)F)NCC1CCCNC1. The van der Waals surface area contributed by atoms with Gasteiger partial charge in [-0.05, 0) is 31.8 Å². The van der Waals surface area contributed by atoms with E-state index in [2.05, 4.69) is 10.6 Å². The molecule has 1 fully saturated rings. The normalized spacial score (nSPS) is 22.5. The van der Waals surface area contributed by atoms with Gasteiger partial charge in [0.2, 0.25) is 5.91 Å². The minimum absolute atomic E-state index is 0.260. The topological polar surface area (TPSA) is 41.1 Å². The molecule has 1 saturated heterocycles. The van der Waals surface area contributed by atoms with Crippen molar-refractivity contribution in [2.45, 2.75) is 25.4 Å². The molecule has 1 aliphatic rings. The molecule has 2 N–H and O–H groups in total. The van der Waals surface area contributed by atoms with Crippen molar-refractivity contribution in [3.05, 3.63) is 0 Å². The summed E-state index contributed by atoms with van der Waals surface area (Å²) < 4.78 is 35.4. The standard InChI is InChI=1S/C9H15F3N2O/c10-9(11,12)4-8(15)14-6-7-2-1-3-13-5-7/h7,13H,1-6H2,(H,14,15). The molecule has 1 amide bonds. The predicted octanol–water partition coefficient (Wildman–Crippen LogP) is 1.05. The van der Waals surface area contributed by atoms with E-state index in [1.54, 1.807) is 0 Å². The van der Waals surface area contributed by atoms with E-state index in [0.717, 1.165) is 25.9 Å². The molecule has 15 heavy (non-hydrogen) atoms. The van der Waals surface area contributed by atoms with Gasteiger partial charge in [0.05, 0.1) is 0 Å². The Morgan fingerprint density at radius 2 is 2.20 bits per heavy atom. The molecule has 0 aromatic heterocycles. The molecule has 3 nitrogen and oxygen atoms in total. The van der Waals surface area contributed by atoms with Crippen molar-refractivity contribution in [1.29, 1.82) is 0 Å². The summed E-state index contributed by atoms with van der Waals surface area (Å²) in [6.07, 6.45) is -3.82. The molecule has 0 aliphatic carbocycles. The van der Waals surface area contributed by atoms with Crippen LogP contribution >= 0.6 is 0 Å². The molecule has 0 radical (unpaired) electrons. The lowest BCUT2D eigenvalue weighted by molar-refractivity contribution is -0.153. The van der Waals surface area contributed by atoms with Crippen LogP contribution in [0.1, 0.15) is 19.3 Å². The van der Waals surface area contributed by atoms with Gasteiger partial charge in [-0.15, -0.1) is 0 Å². The smallest absolute Gasteiger partial charge is 0.355 e. The van der Waals surface area contributed by atoms with Crippen LogP contribution in [0.4, 0.5) is 13.2 Å². The van der Waals surface area contributed by atoms with Crippen LogP contribution in [0, 0.1) is 5.92 Å². The lowest BCUT2D eigenvalue weighted by atomic mass is 10.00. The van der Waals surface area contributed by atoms with E-state index in [0.29, 0.717) is 6.54 Å². The molecule has 0 aromatic rings. The van der Waals surface area contributed by atoms with Crippen LogP contribution in [0.15, 0.2) is 0 Å². The Kier molecular flexibility index (Phi) is 4.38. The fraction of sp³-hybridized carbons (Fsp3) is 0.889. The Labute approximate surface area is 86.4 Å². The number of nitrogens with one attached hydrogen (secondary N) is 2. The summed E-state index contributed by atoms with van der Waals surface area (Å²) in [4.78, 5) is 10.8. The van der Waals surface area contributed by atoms with Crippen molar-refractivity contribution in [1.82, 2.24) is 10.6 Å². The zero-order valence-electron chi connectivity index (χ0n) is 8.36. The van der Waals surface area contributed by atoms with Gasteiger partial charge in [-0.2, -0.15) is 13.2 Å². The van der Waals surface area contributed by atoms with E-state index in [1.165, 1.54) is 0 Å². The Morgan fingerprint density at radius 1 is 1.47 bits per heavy atom. The molecule has 0 spiro atoms. The van der Waals surface area contributed by atoms with E-state index in [1.807, 2.05) is 0 Å². The Hall–Kier alpha value is -0.780. The molecule has 0 bridgehead atoms. The number of hydrogen-bond acceptors (Lipinski definition) is 2. The van der Waals surface area contributed by atoms with Crippen LogP contribution in [0.25, 0.3) is 0 Å². The first-order valence-electron chi connectivity index (χ1n) is 5.01. The lowest BCUT2D eigenvalue weighted by Crippen LogP contribution is -2.39. The van der Waals surface area contributed by atoms with Crippen LogP contribution in [-0.2, 0) is 4.79 Å². The van der Waals surface area contributed by atoms with Crippen LogP contribution in [0.5, 0.6) is 0 Å². The van der Waals surface area contributed by atoms with Gasteiger partial charge in [-0.25, -0.2) is 0 Å². The minimum Gasteiger partial charge on any atom is -0.355 e. The number of carbonyl (C=O) groups excluding carboxylic acids is 1. The van der Waals surface area contributed by atoms with E-state index < -0.39 is 18.5 Å². The van der Waals surface area contributed by atoms with Gasteiger partial charge in [0.15, 0.2) is 0 Å². The molecule has 1 unspecified atom stereocenters. The van der Waals surface area contributed by atoms with Gasteiger partial charge in [0, 0.05) is 6.54 Å². The van der Waals surface area contributed by atoms with Crippen molar-refractivity contribution in [3.63, 3.8) is 0 Å². The van der Waals surface area contributed by atoms with Crippen LogP contribution in [0.3, 0.4) is 0 Å². The summed E-state index contributed by atoms with van der Waals surface area (Å²) in [5, 5.41) is 5.44. The van der Waals surface area contributed by atoms with Crippen molar-refractivity contribution in [2.75, 3.05) is 19.6 Å². The zero-order chi connectivity index (χ0) is 11.3. The molecule has 1 atom stereocenters. The molecule has 0 saturated carbocycles. The molecular weight excluding hydrogens is 209 g/mol. The second kappa shape index (κ2) is 5.34. The van der Waals surface area contributed by atoms with Crippen molar-refractivity contribution in [3.8, 4) is 0 Å². The molecule has 1 aliphatic heterocycles. The maximum absolute atomic E-state index is 11.8. The summed E-state index contributed by atoms with van der Waals surface area (Å²) in [5.74, 6) is -0.677. The molecule has 0 aromatic carbocycles. The van der Waals surface area contributed by atoms with E-state index in [4.69, 9.17) is 0 Å². The first-order chi connectivity index (χ1) is 6.97. The third kappa shape index (κ3) is 5.61. The first kappa shape index (κ1) is 12.3. The fourth-order valence-electron chi connectivity index (χ4n) is 1.60. The quantitative estimate of drug-likeness (QED) is 0.752. The third-order valence-electron chi connectivity index (χ3n) is 2.35. The predicted molar refractivity (Wildman–Crippen MR) is 49.3 cm³/mol. The highest BCUT2D eigenvalue weighted by molar-refractivity contribution is 5.76. The summed E-state index contributed by atoms with van der Waals surface area (Å²) >= 11 is 0. The number of rotatable bonds is 3. The summed E-state index contributed by atoms with van der Waals surface area (Å²) in [6.45, 7) is 2.06. The van der Waals surface area contributed by atoms with Gasteiger partial charge in [0.1, 0.15) is 6.42 Å².